The van der Waals surface area contributed by atoms with Gasteiger partial charge in [-0.15, -0.1) is 0 Å². The average Bonchev–Trinajstić information content (AvgIpc) is 2.36. The Balaban J connectivity index is 2.90. The van der Waals surface area contributed by atoms with Crippen molar-refractivity contribution in [3.63, 3.8) is 0 Å². The number of rotatable bonds is 5. The molecule has 3 N–H and O–H groups in total. The van der Waals surface area contributed by atoms with Gasteiger partial charge in [-0.3, -0.25) is 9.59 Å². The third-order valence-corrected chi connectivity index (χ3v) is 2.88. The van der Waals surface area contributed by atoms with Gasteiger partial charge >= 0.3 is 11.9 Å². The van der Waals surface area contributed by atoms with Crippen LogP contribution in [-0.4, -0.2) is 28.7 Å². The number of ether oxygens (including phenoxy) is 1. The van der Waals surface area contributed by atoms with E-state index in [1.54, 1.807) is 45.0 Å². The number of carbonyl (C=O) groups is 2. The van der Waals surface area contributed by atoms with E-state index < -0.39 is 29.5 Å². The molecule has 0 aliphatic carbocycles. The monoisotopic (exact) mass is 304 g/mol. The van der Waals surface area contributed by atoms with Crippen LogP contribution in [0.15, 0.2) is 24.3 Å². The van der Waals surface area contributed by atoms with Crippen molar-refractivity contribution in [1.82, 2.24) is 0 Å². The molecular weight excluding hydrogens is 284 g/mol. The van der Waals surface area contributed by atoms with Gasteiger partial charge in [-0.25, -0.2) is 0 Å². The molecule has 1 aromatic carbocycles. The summed E-state index contributed by atoms with van der Waals surface area (Å²) >= 11 is 0. The lowest BCUT2D eigenvalue weighted by atomic mass is 9.93. The van der Waals surface area contributed by atoms with Crippen LogP contribution in [0.5, 0.6) is 0 Å². The molecule has 1 rings (SSSR count). The SMILES string of the molecule is CC(C)(C)OC(=O)[C@@H](C(=O)O)[C@@H](N)Cc1cccc(C#N)c1. The second kappa shape index (κ2) is 7.05. The van der Waals surface area contributed by atoms with Gasteiger partial charge in [0.1, 0.15) is 5.60 Å². The number of carbonyl (C=O) groups excluding carboxylic acids is 1. The minimum Gasteiger partial charge on any atom is -0.481 e. The standard InChI is InChI=1S/C16H20N2O4/c1-16(2,3)22-15(21)13(14(19)20)12(18)8-10-5-4-6-11(7-10)9-17/h4-7,12-13H,8,18H2,1-3H3,(H,19,20)/t12-,13+/m0/s1. The van der Waals surface area contributed by atoms with Crippen molar-refractivity contribution in [3.8, 4) is 6.07 Å². The van der Waals surface area contributed by atoms with Crippen molar-refractivity contribution in [2.24, 2.45) is 11.7 Å². The predicted molar refractivity (Wildman–Crippen MR) is 79.8 cm³/mol. The minimum atomic E-state index is -1.45. The van der Waals surface area contributed by atoms with Crippen molar-refractivity contribution in [1.29, 1.82) is 5.26 Å². The molecule has 0 saturated heterocycles. The lowest BCUT2D eigenvalue weighted by molar-refractivity contribution is -0.167. The molecule has 0 saturated carbocycles. The fourth-order valence-corrected chi connectivity index (χ4v) is 1.98. The van der Waals surface area contributed by atoms with Crippen LogP contribution in [0.3, 0.4) is 0 Å². The van der Waals surface area contributed by atoms with Gasteiger partial charge in [0.25, 0.3) is 0 Å². The summed E-state index contributed by atoms with van der Waals surface area (Å²) in [5, 5.41) is 18.1. The number of carboxylic acids is 1. The summed E-state index contributed by atoms with van der Waals surface area (Å²) in [6, 6.07) is 7.73. The molecule has 118 valence electrons. The quantitative estimate of drug-likeness (QED) is 0.629. The number of hydrogen-bond acceptors (Lipinski definition) is 5. The number of nitrogens with two attached hydrogens (primary N) is 1. The molecule has 0 bridgehead atoms. The highest BCUT2D eigenvalue weighted by molar-refractivity contribution is 5.95. The third kappa shape index (κ3) is 5.19. The topological polar surface area (TPSA) is 113 Å². The molecule has 22 heavy (non-hydrogen) atoms. The molecule has 0 radical (unpaired) electrons. The first-order chi connectivity index (χ1) is 10.1. The second-order valence-corrected chi connectivity index (χ2v) is 6.03. The fraction of sp³-hybridized carbons (Fsp3) is 0.438. The molecule has 6 heteroatoms. The first-order valence-electron chi connectivity index (χ1n) is 6.84. The van der Waals surface area contributed by atoms with E-state index in [0.717, 1.165) is 0 Å². The zero-order valence-electron chi connectivity index (χ0n) is 12.9. The highest BCUT2D eigenvalue weighted by Gasteiger charge is 2.36. The number of nitrogens with zero attached hydrogens (tertiary/aromatic N) is 1. The van der Waals surface area contributed by atoms with E-state index in [1.165, 1.54) is 0 Å². The number of benzene rings is 1. The maximum Gasteiger partial charge on any atom is 0.322 e. The molecule has 0 heterocycles. The van der Waals surface area contributed by atoms with Crippen LogP contribution in [0, 0.1) is 17.2 Å². The molecule has 0 aliphatic rings. The van der Waals surface area contributed by atoms with Crippen molar-refractivity contribution in [3.05, 3.63) is 35.4 Å². The van der Waals surface area contributed by atoms with Crippen LogP contribution in [0.1, 0.15) is 31.9 Å². The van der Waals surface area contributed by atoms with Crippen LogP contribution in [0.4, 0.5) is 0 Å². The Morgan fingerprint density at radius 1 is 1.41 bits per heavy atom. The van der Waals surface area contributed by atoms with E-state index in [9.17, 15) is 14.7 Å². The van der Waals surface area contributed by atoms with Gasteiger partial charge < -0.3 is 15.6 Å². The lowest BCUT2D eigenvalue weighted by Crippen LogP contribution is -2.45. The number of esters is 1. The number of aliphatic carboxylic acids is 1. The van der Waals surface area contributed by atoms with Crippen LogP contribution in [0.25, 0.3) is 0 Å². The smallest absolute Gasteiger partial charge is 0.322 e. The van der Waals surface area contributed by atoms with E-state index in [-0.39, 0.29) is 6.42 Å². The van der Waals surface area contributed by atoms with E-state index in [0.29, 0.717) is 11.1 Å². The fourth-order valence-electron chi connectivity index (χ4n) is 1.98. The van der Waals surface area contributed by atoms with Gasteiger partial charge in [-0.1, -0.05) is 12.1 Å². The summed E-state index contributed by atoms with van der Waals surface area (Å²) in [4.78, 5) is 23.4. The average molecular weight is 304 g/mol. The molecule has 0 aliphatic heterocycles. The maximum absolute atomic E-state index is 12.0. The molecule has 6 nitrogen and oxygen atoms in total. The summed E-state index contributed by atoms with van der Waals surface area (Å²) in [5.74, 6) is -3.63. The third-order valence-electron chi connectivity index (χ3n) is 2.88. The van der Waals surface area contributed by atoms with Gasteiger partial charge in [-0.05, 0) is 44.9 Å². The van der Waals surface area contributed by atoms with Gasteiger partial charge in [0, 0.05) is 6.04 Å². The predicted octanol–water partition coefficient (Wildman–Crippen LogP) is 1.47. The van der Waals surface area contributed by atoms with E-state index in [1.807, 2.05) is 6.07 Å². The van der Waals surface area contributed by atoms with Crippen molar-refractivity contribution >= 4 is 11.9 Å². The summed E-state index contributed by atoms with van der Waals surface area (Å²) < 4.78 is 5.11. The number of carboxylic acid groups (broad SMARTS) is 1. The molecule has 0 fully saturated rings. The van der Waals surface area contributed by atoms with E-state index in [2.05, 4.69) is 0 Å². The highest BCUT2D eigenvalue weighted by atomic mass is 16.6. The molecule has 0 aromatic heterocycles. The molecule has 0 unspecified atom stereocenters. The maximum atomic E-state index is 12.0. The van der Waals surface area contributed by atoms with Crippen LogP contribution >= 0.6 is 0 Å². The zero-order valence-corrected chi connectivity index (χ0v) is 12.9. The van der Waals surface area contributed by atoms with E-state index >= 15 is 0 Å². The summed E-state index contributed by atoms with van der Waals surface area (Å²) in [6.07, 6.45) is 0.158. The van der Waals surface area contributed by atoms with Crippen LogP contribution in [-0.2, 0) is 20.7 Å². The van der Waals surface area contributed by atoms with E-state index in [4.69, 9.17) is 15.7 Å². The zero-order chi connectivity index (χ0) is 16.9. The highest BCUT2D eigenvalue weighted by Crippen LogP contribution is 2.17. The Morgan fingerprint density at radius 3 is 2.55 bits per heavy atom. The van der Waals surface area contributed by atoms with Gasteiger partial charge in [0.2, 0.25) is 0 Å². The minimum absolute atomic E-state index is 0.158. The summed E-state index contributed by atoms with van der Waals surface area (Å²) in [6.45, 7) is 4.98. The van der Waals surface area contributed by atoms with Gasteiger partial charge in [0.15, 0.2) is 5.92 Å². The molecular formula is C16H20N2O4. The van der Waals surface area contributed by atoms with Crippen molar-refractivity contribution in [2.45, 2.75) is 38.8 Å². The first kappa shape index (κ1) is 17.7. The van der Waals surface area contributed by atoms with Crippen LogP contribution in [0.2, 0.25) is 0 Å². The largest absolute Gasteiger partial charge is 0.481 e. The van der Waals surface area contributed by atoms with Crippen molar-refractivity contribution < 1.29 is 19.4 Å². The second-order valence-electron chi connectivity index (χ2n) is 6.03. The molecule has 0 spiro atoms. The van der Waals surface area contributed by atoms with Crippen molar-refractivity contribution in [2.75, 3.05) is 0 Å². The Bertz CT molecular complexity index is 599. The Hall–Kier alpha value is -2.39. The summed E-state index contributed by atoms with van der Waals surface area (Å²) in [5.41, 5.74) is 6.26. The first-order valence-corrected chi connectivity index (χ1v) is 6.84. The Labute approximate surface area is 129 Å². The summed E-state index contributed by atoms with van der Waals surface area (Å²) in [7, 11) is 0. The number of hydrogen-bond donors (Lipinski definition) is 2. The normalized spacial score (nSPS) is 13.8. The Morgan fingerprint density at radius 2 is 2.05 bits per heavy atom. The number of nitriles is 1. The Kier molecular flexibility index (Phi) is 5.66. The van der Waals surface area contributed by atoms with Gasteiger partial charge in [-0.2, -0.15) is 5.26 Å². The van der Waals surface area contributed by atoms with Gasteiger partial charge in [0.05, 0.1) is 11.6 Å². The lowest BCUT2D eigenvalue weighted by Gasteiger charge is -2.25. The molecule has 1 aromatic rings. The molecule has 2 atom stereocenters. The molecule has 0 amide bonds. The van der Waals surface area contributed by atoms with Crippen LogP contribution < -0.4 is 5.73 Å².